The lowest BCUT2D eigenvalue weighted by atomic mass is 10.1. The van der Waals surface area contributed by atoms with E-state index in [1.54, 1.807) is 10.6 Å². The number of nitrogen functional groups attached to an aromatic ring is 1. The van der Waals surface area contributed by atoms with Crippen LogP contribution in [0.2, 0.25) is 0 Å². The molecule has 0 bridgehead atoms. The molecule has 0 fully saturated rings. The standard InChI is InChI=1S/C22H24N6OS/c1-4-12-28-21(23)25-26-22(28)30-14(3)20(29)24-15-10-11-19-17(13-15)16-8-6-7-9-18(16)27(19)5-2/h4,6-11,13-14H,1,5,12H2,2-3H3,(H2,23,25)(H,24,29)/t14-/m1/s1. The quantitative estimate of drug-likeness (QED) is 0.344. The maximum atomic E-state index is 12.8. The van der Waals surface area contributed by atoms with Gasteiger partial charge in [0.2, 0.25) is 11.9 Å². The van der Waals surface area contributed by atoms with Crippen LogP contribution in [0.25, 0.3) is 21.8 Å². The van der Waals surface area contributed by atoms with Gasteiger partial charge in [-0.25, -0.2) is 0 Å². The van der Waals surface area contributed by atoms with Crippen LogP contribution in [0, 0.1) is 0 Å². The van der Waals surface area contributed by atoms with Crippen LogP contribution in [0.5, 0.6) is 0 Å². The van der Waals surface area contributed by atoms with Gasteiger partial charge in [-0.05, 0) is 38.1 Å². The second-order valence-corrected chi connectivity index (χ2v) is 8.29. The highest BCUT2D eigenvalue weighted by molar-refractivity contribution is 8.00. The van der Waals surface area contributed by atoms with Crippen molar-refractivity contribution in [3.05, 3.63) is 55.1 Å². The number of nitrogens with zero attached hydrogens (tertiary/aromatic N) is 4. The highest BCUT2D eigenvalue weighted by Gasteiger charge is 2.20. The molecule has 4 aromatic rings. The number of nitrogens with one attached hydrogen (secondary N) is 1. The van der Waals surface area contributed by atoms with Crippen molar-refractivity contribution < 1.29 is 4.79 Å². The number of allylic oxidation sites excluding steroid dienone is 1. The first kappa shape index (κ1) is 20.0. The summed E-state index contributed by atoms with van der Waals surface area (Å²) in [5.41, 5.74) is 8.96. The molecule has 0 saturated heterocycles. The largest absolute Gasteiger partial charge is 0.368 e. The predicted octanol–water partition coefficient (Wildman–Crippen LogP) is 4.29. The van der Waals surface area contributed by atoms with E-state index in [1.807, 2.05) is 31.2 Å². The van der Waals surface area contributed by atoms with Crippen molar-refractivity contribution >= 4 is 51.1 Å². The highest BCUT2D eigenvalue weighted by atomic mass is 32.2. The summed E-state index contributed by atoms with van der Waals surface area (Å²) < 4.78 is 4.01. The van der Waals surface area contributed by atoms with Crippen molar-refractivity contribution in [3.8, 4) is 0 Å². The zero-order chi connectivity index (χ0) is 21.3. The molecule has 0 aliphatic carbocycles. The van der Waals surface area contributed by atoms with E-state index in [1.165, 1.54) is 22.7 Å². The summed E-state index contributed by atoms with van der Waals surface area (Å²) in [6, 6.07) is 14.4. The average Bonchev–Trinajstić information content (AvgIpc) is 3.25. The average molecular weight is 421 g/mol. The Morgan fingerprint density at radius 2 is 1.97 bits per heavy atom. The molecule has 0 aliphatic rings. The minimum atomic E-state index is -0.371. The van der Waals surface area contributed by atoms with Gasteiger partial charge in [0, 0.05) is 40.6 Å². The van der Waals surface area contributed by atoms with Gasteiger partial charge < -0.3 is 15.6 Å². The van der Waals surface area contributed by atoms with Crippen molar-refractivity contribution in [1.82, 2.24) is 19.3 Å². The number of aromatic nitrogens is 4. The lowest BCUT2D eigenvalue weighted by molar-refractivity contribution is -0.115. The van der Waals surface area contributed by atoms with Crippen LogP contribution in [0.15, 0.2) is 60.3 Å². The Morgan fingerprint density at radius 3 is 2.73 bits per heavy atom. The molecule has 0 spiro atoms. The summed E-state index contributed by atoms with van der Waals surface area (Å²) in [4.78, 5) is 12.8. The van der Waals surface area contributed by atoms with E-state index in [9.17, 15) is 4.79 Å². The summed E-state index contributed by atoms with van der Waals surface area (Å²) in [7, 11) is 0. The molecule has 2 aromatic heterocycles. The zero-order valence-corrected chi connectivity index (χ0v) is 17.8. The van der Waals surface area contributed by atoms with E-state index in [0.717, 1.165) is 23.1 Å². The highest BCUT2D eigenvalue weighted by Crippen LogP contribution is 2.31. The number of thioether (sulfide) groups is 1. The first-order chi connectivity index (χ1) is 14.5. The Hall–Kier alpha value is -3.26. The number of para-hydroxylation sites is 1. The maximum Gasteiger partial charge on any atom is 0.237 e. The van der Waals surface area contributed by atoms with Gasteiger partial charge in [-0.15, -0.1) is 16.8 Å². The van der Waals surface area contributed by atoms with Crippen LogP contribution in [0.1, 0.15) is 13.8 Å². The van der Waals surface area contributed by atoms with Crippen LogP contribution in [-0.2, 0) is 17.9 Å². The van der Waals surface area contributed by atoms with Gasteiger partial charge in [0.05, 0.1) is 5.25 Å². The van der Waals surface area contributed by atoms with Crippen LogP contribution in [0.3, 0.4) is 0 Å². The summed E-state index contributed by atoms with van der Waals surface area (Å²) in [5.74, 6) is 0.202. The van der Waals surface area contributed by atoms with Gasteiger partial charge in [-0.3, -0.25) is 9.36 Å². The number of rotatable bonds is 7. The van der Waals surface area contributed by atoms with Gasteiger partial charge in [0.25, 0.3) is 0 Å². The van der Waals surface area contributed by atoms with E-state index in [2.05, 4.69) is 51.8 Å². The molecule has 1 atom stereocenters. The molecule has 154 valence electrons. The molecule has 4 rings (SSSR count). The summed E-state index contributed by atoms with van der Waals surface area (Å²) in [6.45, 7) is 9.08. The van der Waals surface area contributed by atoms with Gasteiger partial charge in [0.1, 0.15) is 0 Å². The van der Waals surface area contributed by atoms with Crippen molar-refractivity contribution in [1.29, 1.82) is 0 Å². The third kappa shape index (κ3) is 3.54. The SMILES string of the molecule is C=CCn1c(N)nnc1S[C@H](C)C(=O)Nc1ccc2c(c1)c1ccccc1n2CC. The van der Waals surface area contributed by atoms with Crippen molar-refractivity contribution in [2.45, 2.75) is 37.3 Å². The second-order valence-electron chi connectivity index (χ2n) is 6.98. The number of benzene rings is 2. The monoisotopic (exact) mass is 420 g/mol. The smallest absolute Gasteiger partial charge is 0.237 e. The molecule has 1 amide bonds. The van der Waals surface area contributed by atoms with Gasteiger partial charge in [-0.2, -0.15) is 0 Å². The normalized spacial score (nSPS) is 12.3. The Bertz CT molecular complexity index is 1240. The predicted molar refractivity (Wildman–Crippen MR) is 124 cm³/mol. The van der Waals surface area contributed by atoms with Crippen LogP contribution in [-0.4, -0.2) is 30.5 Å². The molecule has 30 heavy (non-hydrogen) atoms. The first-order valence-electron chi connectivity index (χ1n) is 9.81. The number of hydrogen-bond acceptors (Lipinski definition) is 5. The van der Waals surface area contributed by atoms with E-state index in [0.29, 0.717) is 17.6 Å². The Morgan fingerprint density at radius 1 is 1.20 bits per heavy atom. The number of fused-ring (bicyclic) bond motifs is 3. The van der Waals surface area contributed by atoms with Gasteiger partial charge >= 0.3 is 0 Å². The minimum absolute atomic E-state index is 0.106. The van der Waals surface area contributed by atoms with Gasteiger partial charge in [0.15, 0.2) is 5.16 Å². The molecular formula is C22H24N6OS. The van der Waals surface area contributed by atoms with E-state index in [4.69, 9.17) is 5.73 Å². The van der Waals surface area contributed by atoms with Crippen LogP contribution in [0.4, 0.5) is 11.6 Å². The number of carbonyl (C=O) groups excluding carboxylic acids is 1. The van der Waals surface area contributed by atoms with Crippen molar-refractivity contribution in [2.75, 3.05) is 11.1 Å². The van der Waals surface area contributed by atoms with E-state index < -0.39 is 0 Å². The summed E-state index contributed by atoms with van der Waals surface area (Å²) in [6.07, 6.45) is 1.72. The third-order valence-electron chi connectivity index (χ3n) is 5.06. The lowest BCUT2D eigenvalue weighted by Crippen LogP contribution is -2.23. The number of amides is 1. The molecule has 0 radical (unpaired) electrons. The molecule has 0 aliphatic heterocycles. The molecule has 0 saturated carbocycles. The Kier molecular flexibility index (Phi) is 5.50. The first-order valence-corrected chi connectivity index (χ1v) is 10.7. The van der Waals surface area contributed by atoms with E-state index >= 15 is 0 Å². The summed E-state index contributed by atoms with van der Waals surface area (Å²) in [5, 5.41) is 13.5. The van der Waals surface area contributed by atoms with E-state index in [-0.39, 0.29) is 11.2 Å². The fourth-order valence-corrected chi connectivity index (χ4v) is 4.48. The molecule has 2 heterocycles. The molecular weight excluding hydrogens is 396 g/mol. The third-order valence-corrected chi connectivity index (χ3v) is 6.15. The second kappa shape index (κ2) is 8.23. The number of anilines is 2. The topological polar surface area (TPSA) is 90.8 Å². The molecule has 3 N–H and O–H groups in total. The van der Waals surface area contributed by atoms with Crippen molar-refractivity contribution in [3.63, 3.8) is 0 Å². The fraction of sp³-hybridized carbons (Fsp3) is 0.227. The zero-order valence-electron chi connectivity index (χ0n) is 17.0. The van der Waals surface area contributed by atoms with Crippen LogP contribution < -0.4 is 11.1 Å². The van der Waals surface area contributed by atoms with Gasteiger partial charge in [-0.1, -0.05) is 36.0 Å². The number of nitrogens with two attached hydrogens (primary N) is 1. The molecule has 0 unspecified atom stereocenters. The minimum Gasteiger partial charge on any atom is -0.368 e. The fourth-order valence-electron chi connectivity index (χ4n) is 3.62. The Labute approximate surface area is 179 Å². The summed E-state index contributed by atoms with van der Waals surface area (Å²) >= 11 is 1.32. The Balaban J connectivity index is 1.57. The number of carbonyl (C=O) groups is 1. The molecule has 8 heteroatoms. The molecule has 7 nitrogen and oxygen atoms in total. The molecule has 2 aromatic carbocycles. The van der Waals surface area contributed by atoms with Crippen LogP contribution >= 0.6 is 11.8 Å². The number of hydrogen-bond donors (Lipinski definition) is 2. The number of aryl methyl sites for hydroxylation is 1. The maximum absolute atomic E-state index is 12.8. The van der Waals surface area contributed by atoms with Crippen molar-refractivity contribution in [2.24, 2.45) is 0 Å². The lowest BCUT2D eigenvalue weighted by Gasteiger charge is -2.12.